The van der Waals surface area contributed by atoms with Crippen molar-refractivity contribution in [1.82, 2.24) is 9.97 Å². The second kappa shape index (κ2) is 1.90. The van der Waals surface area contributed by atoms with E-state index in [0.29, 0.717) is 11.7 Å². The topological polar surface area (TPSA) is 58.1 Å². The van der Waals surface area contributed by atoms with Gasteiger partial charge in [-0.2, -0.15) is 0 Å². The first-order valence-corrected chi connectivity index (χ1v) is 3.28. The van der Waals surface area contributed by atoms with E-state index in [0.717, 1.165) is 5.82 Å². The Labute approximate surface area is 57.6 Å². The van der Waals surface area contributed by atoms with Crippen molar-refractivity contribution in [3.63, 3.8) is 0 Å². The molecular weight excluding hydrogens is 130 g/mol. The maximum absolute atomic E-state index is 9.94. The van der Waals surface area contributed by atoms with Crippen LogP contribution in [0.5, 0.6) is 0 Å². The van der Waals surface area contributed by atoms with Crippen LogP contribution in [0.2, 0.25) is 0 Å². The summed E-state index contributed by atoms with van der Waals surface area (Å²) >= 11 is 0. The summed E-state index contributed by atoms with van der Waals surface area (Å²) in [6.45, 7) is 0. The van der Waals surface area contributed by atoms with Gasteiger partial charge in [0.2, 0.25) is 0 Å². The highest BCUT2D eigenvalue weighted by molar-refractivity contribution is 5.25. The Morgan fingerprint density at radius 2 is 2.50 bits per heavy atom. The van der Waals surface area contributed by atoms with E-state index in [1.54, 1.807) is 0 Å². The minimum absolute atomic E-state index is 0.335. The molecule has 0 saturated heterocycles. The normalized spacial score (nSPS) is 17.2. The van der Waals surface area contributed by atoms with Gasteiger partial charge in [0.15, 0.2) is 5.82 Å². The second-order valence-electron chi connectivity index (χ2n) is 2.52. The molecule has 1 heterocycles. The molecule has 0 spiro atoms. The zero-order valence-corrected chi connectivity index (χ0v) is 5.37. The van der Waals surface area contributed by atoms with Crippen LogP contribution in [-0.4, -0.2) is 9.97 Å². The van der Waals surface area contributed by atoms with Gasteiger partial charge in [0.05, 0.1) is 6.20 Å². The molecule has 1 aromatic heterocycles. The maximum Gasteiger partial charge on any atom is 0.194 e. The molecule has 0 atom stereocenters. The van der Waals surface area contributed by atoms with Crippen LogP contribution in [-0.2, 0) is 0 Å². The molecule has 0 unspecified atom stereocenters. The van der Waals surface area contributed by atoms with Gasteiger partial charge >= 0.3 is 0 Å². The minimum atomic E-state index is 0.335. The number of rotatable bonds is 2. The van der Waals surface area contributed by atoms with Gasteiger partial charge in [-0.3, -0.25) is 0 Å². The fraction of sp³-hybridized carbons (Fsp3) is 0.500. The van der Waals surface area contributed by atoms with Crippen molar-refractivity contribution in [3.8, 4) is 0 Å². The molecule has 1 saturated carbocycles. The third kappa shape index (κ3) is 0.814. The highest BCUT2D eigenvalue weighted by Gasteiger charge is 2.26. The lowest BCUT2D eigenvalue weighted by Crippen LogP contribution is -1.79. The van der Waals surface area contributed by atoms with Crippen LogP contribution in [0.4, 0.5) is 5.82 Å². The molecule has 1 fully saturated rings. The van der Waals surface area contributed by atoms with E-state index >= 15 is 0 Å². The third-order valence-electron chi connectivity index (χ3n) is 1.64. The molecule has 0 aliphatic heterocycles. The summed E-state index contributed by atoms with van der Waals surface area (Å²) in [7, 11) is 0. The van der Waals surface area contributed by atoms with Crippen molar-refractivity contribution in [3.05, 3.63) is 16.9 Å². The van der Waals surface area contributed by atoms with E-state index in [-0.39, 0.29) is 0 Å². The Balaban J connectivity index is 2.26. The Hall–Kier alpha value is -1.19. The third-order valence-corrected chi connectivity index (χ3v) is 1.64. The molecule has 2 rings (SSSR count). The predicted molar refractivity (Wildman–Crippen MR) is 36.0 cm³/mol. The first kappa shape index (κ1) is 5.58. The summed E-state index contributed by atoms with van der Waals surface area (Å²) in [5.41, 5.74) is 0. The van der Waals surface area contributed by atoms with E-state index in [1.165, 1.54) is 19.0 Å². The van der Waals surface area contributed by atoms with Crippen LogP contribution in [0, 0.1) is 4.91 Å². The van der Waals surface area contributed by atoms with Crippen LogP contribution in [0.15, 0.2) is 11.4 Å². The van der Waals surface area contributed by atoms with Crippen molar-refractivity contribution in [1.29, 1.82) is 0 Å². The van der Waals surface area contributed by atoms with Gasteiger partial charge in [0.1, 0.15) is 5.82 Å². The highest BCUT2D eigenvalue weighted by Crippen LogP contribution is 2.38. The fourth-order valence-electron chi connectivity index (χ4n) is 0.937. The van der Waals surface area contributed by atoms with Crippen molar-refractivity contribution >= 4 is 5.82 Å². The first-order valence-electron chi connectivity index (χ1n) is 3.28. The van der Waals surface area contributed by atoms with Crippen molar-refractivity contribution in [2.24, 2.45) is 5.18 Å². The standard InChI is InChI=1S/C6H7N3O/c10-9-5-3-7-6(8-5)4-1-2-4/h3-4H,1-2H2,(H,7,8). The van der Waals surface area contributed by atoms with Crippen LogP contribution in [0.1, 0.15) is 24.6 Å². The van der Waals surface area contributed by atoms with E-state index < -0.39 is 0 Å². The minimum Gasteiger partial charge on any atom is -0.324 e. The molecular formula is C6H7N3O. The summed E-state index contributed by atoms with van der Waals surface area (Å²) in [5.74, 6) is 1.81. The number of nitrogens with one attached hydrogen (secondary N) is 1. The highest BCUT2D eigenvalue weighted by atomic mass is 16.3. The number of H-pyrrole nitrogens is 1. The van der Waals surface area contributed by atoms with Gasteiger partial charge in [-0.05, 0) is 18.0 Å². The maximum atomic E-state index is 9.94. The van der Waals surface area contributed by atoms with Crippen LogP contribution in [0.25, 0.3) is 0 Å². The number of nitrogens with zero attached hydrogens (tertiary/aromatic N) is 2. The number of aromatic amines is 1. The average Bonchev–Trinajstić information content (AvgIpc) is 2.70. The average molecular weight is 137 g/mol. The van der Waals surface area contributed by atoms with Crippen molar-refractivity contribution in [2.75, 3.05) is 0 Å². The van der Waals surface area contributed by atoms with E-state index in [1.807, 2.05) is 0 Å². The lowest BCUT2D eigenvalue weighted by atomic mass is 10.4. The summed E-state index contributed by atoms with van der Waals surface area (Å²) in [6.07, 6.45) is 3.85. The van der Waals surface area contributed by atoms with Gasteiger partial charge in [-0.25, -0.2) is 4.98 Å². The second-order valence-corrected chi connectivity index (χ2v) is 2.52. The van der Waals surface area contributed by atoms with Gasteiger partial charge in [0, 0.05) is 5.92 Å². The van der Waals surface area contributed by atoms with E-state index in [9.17, 15) is 4.91 Å². The molecule has 0 aromatic carbocycles. The molecule has 0 bridgehead atoms. The van der Waals surface area contributed by atoms with Gasteiger partial charge < -0.3 is 4.98 Å². The lowest BCUT2D eigenvalue weighted by molar-refractivity contribution is 0.975. The van der Waals surface area contributed by atoms with Crippen LogP contribution in [0.3, 0.4) is 0 Å². The summed E-state index contributed by atoms with van der Waals surface area (Å²) in [6, 6.07) is 0. The number of hydrogen-bond donors (Lipinski definition) is 1. The molecule has 52 valence electrons. The number of nitroso groups, excluding NO2 is 1. The molecule has 4 heteroatoms. The van der Waals surface area contributed by atoms with Crippen LogP contribution < -0.4 is 0 Å². The first-order chi connectivity index (χ1) is 4.90. The predicted octanol–water partition coefficient (Wildman–Crippen LogP) is 1.69. The number of hydrogen-bond acceptors (Lipinski definition) is 3. The van der Waals surface area contributed by atoms with E-state index in [2.05, 4.69) is 15.1 Å². The summed E-state index contributed by atoms with van der Waals surface area (Å²) in [4.78, 5) is 16.8. The van der Waals surface area contributed by atoms with Crippen molar-refractivity contribution < 1.29 is 0 Å². The molecule has 1 aliphatic carbocycles. The van der Waals surface area contributed by atoms with Gasteiger partial charge in [-0.1, -0.05) is 0 Å². The SMILES string of the molecule is O=Nc1cnc(C2CC2)[nH]1. The molecule has 1 N–H and O–H groups in total. The van der Waals surface area contributed by atoms with Crippen molar-refractivity contribution in [2.45, 2.75) is 18.8 Å². The number of aromatic nitrogens is 2. The summed E-state index contributed by atoms with van der Waals surface area (Å²) < 4.78 is 0. The Bertz CT molecular complexity index is 251. The number of imidazole rings is 1. The molecule has 0 radical (unpaired) electrons. The Kier molecular flexibility index (Phi) is 1.06. The summed E-state index contributed by atoms with van der Waals surface area (Å²) in [5, 5.41) is 2.73. The monoisotopic (exact) mass is 137 g/mol. The molecule has 4 nitrogen and oxygen atoms in total. The largest absolute Gasteiger partial charge is 0.324 e. The Morgan fingerprint density at radius 1 is 1.70 bits per heavy atom. The van der Waals surface area contributed by atoms with Gasteiger partial charge in [-0.15, -0.1) is 4.91 Å². The lowest BCUT2D eigenvalue weighted by Gasteiger charge is -1.84. The molecule has 10 heavy (non-hydrogen) atoms. The zero-order chi connectivity index (χ0) is 6.97. The van der Waals surface area contributed by atoms with Crippen LogP contribution >= 0.6 is 0 Å². The Morgan fingerprint density at radius 3 is 3.00 bits per heavy atom. The quantitative estimate of drug-likeness (QED) is 0.630. The van der Waals surface area contributed by atoms with Gasteiger partial charge in [0.25, 0.3) is 0 Å². The van der Waals surface area contributed by atoms with E-state index in [4.69, 9.17) is 0 Å². The fourth-order valence-corrected chi connectivity index (χ4v) is 0.937. The molecule has 1 aromatic rings. The molecule has 1 aliphatic rings. The smallest absolute Gasteiger partial charge is 0.194 e. The molecule has 0 amide bonds. The zero-order valence-electron chi connectivity index (χ0n) is 5.37.